The number of likely N-dealkylation sites (N-methyl/N-ethyl adjacent to an activating group) is 1. The number of amides is 1. The van der Waals surface area contributed by atoms with Crippen LogP contribution < -0.4 is 35.3 Å². The molecule has 5 aromatic rings. The highest BCUT2D eigenvalue weighted by Gasteiger charge is 2.44. The molecule has 2 aliphatic heterocycles. The fourth-order valence-corrected chi connectivity index (χ4v) is 9.81. The van der Waals surface area contributed by atoms with Crippen molar-refractivity contribution in [1.82, 2.24) is 14.5 Å². The maximum atomic E-state index is 14.9. The highest BCUT2D eigenvalue weighted by Crippen LogP contribution is 2.42. The van der Waals surface area contributed by atoms with Gasteiger partial charge in [0.25, 0.3) is 5.91 Å². The molecule has 1 unspecified atom stereocenters. The summed E-state index contributed by atoms with van der Waals surface area (Å²) in [5.74, 6) is -4.82. The molecule has 0 fully saturated rings. The highest BCUT2D eigenvalue weighted by molar-refractivity contribution is 6.16. The number of methoxy groups -OCH3 is 1. The molecule has 17 nitrogen and oxygen atoms in total. The van der Waals surface area contributed by atoms with E-state index in [2.05, 4.69) is 24.1 Å². The molecule has 10 atom stereocenters. The first kappa shape index (κ1) is 53.0. The summed E-state index contributed by atoms with van der Waals surface area (Å²) in [5, 5.41) is 37.9. The van der Waals surface area contributed by atoms with Gasteiger partial charge in [0.15, 0.2) is 22.4 Å². The lowest BCUT2D eigenvalue weighted by Gasteiger charge is -2.39. The number of anilines is 1. The first-order valence-electron chi connectivity index (χ1n) is 24.3. The number of hydrogen-bond acceptors (Lipinski definition) is 15. The number of nitrogens with one attached hydrogen (secondary N) is 1. The van der Waals surface area contributed by atoms with E-state index in [4.69, 9.17) is 33.1 Å². The number of benzene rings is 3. The van der Waals surface area contributed by atoms with Crippen LogP contribution >= 0.6 is 0 Å². The minimum atomic E-state index is -1.97. The number of quaternary nitrogens is 1. The van der Waals surface area contributed by atoms with Gasteiger partial charge in [0.1, 0.15) is 47.7 Å². The van der Waals surface area contributed by atoms with Crippen molar-refractivity contribution in [2.75, 3.05) is 32.6 Å². The van der Waals surface area contributed by atoms with Gasteiger partial charge in [-0.2, -0.15) is 0 Å². The number of phenols is 1. The van der Waals surface area contributed by atoms with Crippen LogP contribution in [0.2, 0.25) is 0 Å². The molecular weight excluding hydrogens is 925 g/mol. The first-order chi connectivity index (χ1) is 33.9. The van der Waals surface area contributed by atoms with Gasteiger partial charge < -0.3 is 48.7 Å². The third-order valence-corrected chi connectivity index (χ3v) is 15.1. The lowest BCUT2D eigenvalue weighted by Crippen LogP contribution is -2.53. The predicted molar refractivity (Wildman–Crippen MR) is 276 cm³/mol. The number of carbonyl (C=O) groups excluding carboxylic acids is 2. The fourth-order valence-electron chi connectivity index (χ4n) is 9.81. The second kappa shape index (κ2) is 20.7. The van der Waals surface area contributed by atoms with Crippen molar-refractivity contribution in [3.8, 4) is 17.2 Å². The van der Waals surface area contributed by atoms with Gasteiger partial charge in [-0.1, -0.05) is 58.9 Å². The number of aromatic nitrogens is 2. The molecule has 0 spiro atoms. The van der Waals surface area contributed by atoms with Crippen LogP contribution in [0.15, 0.2) is 86.7 Å². The number of rotatable bonds is 8. The number of carbonyl (C=O) groups is 2. The van der Waals surface area contributed by atoms with Gasteiger partial charge in [-0.25, -0.2) is 9.97 Å². The third kappa shape index (κ3) is 9.76. The third-order valence-electron chi connectivity index (χ3n) is 15.1. The first-order valence-corrected chi connectivity index (χ1v) is 24.3. The lowest BCUT2D eigenvalue weighted by molar-refractivity contribution is -0.157. The van der Waals surface area contributed by atoms with Crippen LogP contribution in [-0.2, 0) is 23.8 Å². The molecule has 4 bridgehead atoms. The SMILES string of the molecule is CO[C@H]1/C=C/O[C@@]2(C)Oc3c(C)c(O)c4c(=O)c(c5oc6cc(OCC[N+](C)(c7ccccn7)C(C)C)cc(=O)c6nc5c4c3=C2O)NC(=O)/C(C)=C\C=C\[C@H](C)[C@H](O)[C@@H](C)[C@@H](C)[C@@H](C)[C@H](OC(C)=O)[C@@H]1C. The van der Waals surface area contributed by atoms with Gasteiger partial charge in [-0.3, -0.25) is 23.7 Å². The summed E-state index contributed by atoms with van der Waals surface area (Å²) in [5.41, 5.74) is -2.35. The molecule has 4 N–H and O–H groups in total. The van der Waals surface area contributed by atoms with Gasteiger partial charge in [-0.15, -0.1) is 0 Å². The average Bonchev–Trinajstić information content (AvgIpc) is 3.61. The normalized spacial score (nSPS) is 27.7. The van der Waals surface area contributed by atoms with E-state index in [0.717, 1.165) is 5.82 Å². The molecule has 17 heteroatoms. The Morgan fingerprint density at radius 2 is 1.69 bits per heavy atom. The Balaban J connectivity index is 1.43. The Bertz CT molecular complexity index is 3190. The van der Waals surface area contributed by atoms with Crippen LogP contribution in [0.5, 0.6) is 17.2 Å². The Morgan fingerprint density at radius 3 is 2.35 bits per heavy atom. The van der Waals surface area contributed by atoms with E-state index in [0.29, 0.717) is 11.0 Å². The molecule has 384 valence electrons. The zero-order valence-electron chi connectivity index (χ0n) is 43.2. The van der Waals surface area contributed by atoms with Crippen molar-refractivity contribution in [2.24, 2.45) is 29.6 Å². The molecular formula is C55H67N4O13+. The van der Waals surface area contributed by atoms with E-state index in [1.54, 1.807) is 24.4 Å². The number of allylic oxidation sites excluding steroid dienone is 2. The summed E-state index contributed by atoms with van der Waals surface area (Å²) >= 11 is 0. The topological polar surface area (TPSA) is 226 Å². The maximum Gasteiger partial charge on any atom is 0.307 e. The van der Waals surface area contributed by atoms with E-state index >= 15 is 0 Å². The van der Waals surface area contributed by atoms with E-state index < -0.39 is 69.9 Å². The molecule has 0 aliphatic carbocycles. The van der Waals surface area contributed by atoms with Gasteiger partial charge in [0.05, 0.1) is 42.2 Å². The number of ether oxygens (including phenoxy) is 5. The number of phenolic OH excluding ortho intramolecular Hbond substituents is 1. The van der Waals surface area contributed by atoms with Crippen LogP contribution in [0, 0.1) is 36.5 Å². The highest BCUT2D eigenvalue weighted by atomic mass is 16.7. The van der Waals surface area contributed by atoms with E-state index in [9.17, 15) is 34.5 Å². The van der Waals surface area contributed by atoms with Crippen molar-refractivity contribution >= 4 is 62.1 Å². The largest absolute Gasteiger partial charge is 0.507 e. The monoisotopic (exact) mass is 991 g/mol. The second-order valence-corrected chi connectivity index (χ2v) is 20.0. The van der Waals surface area contributed by atoms with E-state index in [-0.39, 0.29) is 97.1 Å². The van der Waals surface area contributed by atoms with E-state index in [1.165, 1.54) is 59.3 Å². The van der Waals surface area contributed by atoms with Crippen molar-refractivity contribution in [3.05, 3.63) is 104 Å². The fraction of sp³-hybridized carbons (Fsp3) is 0.455. The smallest absolute Gasteiger partial charge is 0.307 e. The predicted octanol–water partition coefficient (Wildman–Crippen LogP) is 7.65. The molecule has 7 rings (SSSR count). The molecule has 2 aromatic heterocycles. The number of pyridine rings is 1. The molecule has 1 amide bonds. The minimum Gasteiger partial charge on any atom is -0.507 e. The standard InChI is InChI=1S/C55H66N4O13/c1-27(2)59(12,40-19-14-15-21-56-40)22-24-68-36-25-37(61)44-39(26-36)71-52-45(57-44)41-42-48(63)34(9)51-43(41)53(65)55(11,72-51)69-23-20-38(67-13)33(8)50(70-35(10)60)32(7)30(5)31(6)47(62)28(3)17-16-18-29(4)54(66)58-46(52)49(42)64/h14-21,23,25-28,30-33,38,47,50,62H,22,24H2,1-13H3,(H2-,57,58,61,63,64,65,66)/p+1/b17-16+,23-20+,29-18-/t28-,30+,31-,32+,33+,38-,47-,50-,55-,59?/m0/s1. The zero-order chi connectivity index (χ0) is 52.7. The quantitative estimate of drug-likeness (QED) is 0.0507. The molecule has 3 aromatic carbocycles. The van der Waals surface area contributed by atoms with Crippen LogP contribution in [0.3, 0.4) is 0 Å². The van der Waals surface area contributed by atoms with E-state index in [1.807, 2.05) is 59.9 Å². The van der Waals surface area contributed by atoms with Gasteiger partial charge in [-0.05, 0) is 57.6 Å². The number of esters is 1. The Kier molecular flexibility index (Phi) is 15.3. The number of aromatic hydroxyl groups is 1. The summed E-state index contributed by atoms with van der Waals surface area (Å²) in [4.78, 5) is 65.0. The summed E-state index contributed by atoms with van der Waals surface area (Å²) < 4.78 is 37.4. The number of aliphatic hydroxyl groups excluding tert-OH is 2. The van der Waals surface area contributed by atoms with Crippen LogP contribution in [0.1, 0.15) is 74.8 Å². The molecule has 0 saturated carbocycles. The zero-order valence-corrected chi connectivity index (χ0v) is 43.2. The second-order valence-electron chi connectivity index (χ2n) is 20.0. The molecule has 72 heavy (non-hydrogen) atoms. The molecule has 2 aliphatic rings. The summed E-state index contributed by atoms with van der Waals surface area (Å²) in [6.45, 7) is 20.2. The van der Waals surface area contributed by atoms with Crippen molar-refractivity contribution in [1.29, 1.82) is 0 Å². The Morgan fingerprint density at radius 1 is 0.972 bits per heavy atom. The summed E-state index contributed by atoms with van der Waals surface area (Å²) in [6, 6.07) is 8.59. The molecule has 0 radical (unpaired) electrons. The number of fused-ring (bicyclic) bond motifs is 2. The molecule has 4 heterocycles. The minimum absolute atomic E-state index is 0.0487. The van der Waals surface area contributed by atoms with Crippen molar-refractivity contribution in [2.45, 2.75) is 106 Å². The lowest BCUT2D eigenvalue weighted by atomic mass is 9.73. The Hall–Kier alpha value is -6.82. The Labute approximate surface area is 418 Å². The van der Waals surface area contributed by atoms with Gasteiger partial charge >= 0.3 is 11.8 Å². The summed E-state index contributed by atoms with van der Waals surface area (Å²) in [7, 11) is 3.55. The van der Waals surface area contributed by atoms with Crippen LogP contribution in [0.4, 0.5) is 11.5 Å². The average molecular weight is 992 g/mol. The van der Waals surface area contributed by atoms with Gasteiger partial charge in [0.2, 0.25) is 16.7 Å². The number of hydrogen-bond donors (Lipinski definition) is 4. The molecule has 0 saturated heterocycles. The summed E-state index contributed by atoms with van der Waals surface area (Å²) in [6.07, 6.45) is 7.34. The van der Waals surface area contributed by atoms with Crippen LogP contribution in [0.25, 0.3) is 38.7 Å². The number of nitrogens with zero attached hydrogens (tertiary/aromatic N) is 3. The maximum absolute atomic E-state index is 14.9. The van der Waals surface area contributed by atoms with Crippen LogP contribution in [-0.4, -0.2) is 94.6 Å². The van der Waals surface area contributed by atoms with Crippen molar-refractivity contribution < 1.29 is 53.0 Å². The van der Waals surface area contributed by atoms with Gasteiger partial charge in [0, 0.05) is 73.7 Å². The van der Waals surface area contributed by atoms with Crippen molar-refractivity contribution in [3.63, 3.8) is 0 Å². The number of aliphatic hydroxyl groups is 2.